The molecular formula is C19H24O6. The zero-order valence-corrected chi connectivity index (χ0v) is 14.2. The maximum Gasteiger partial charge on any atom is 0.342 e. The Balaban J connectivity index is 2.41. The Labute approximate surface area is 146 Å². The molecule has 1 aromatic carbocycles. The number of rotatable bonds is 0. The Morgan fingerprint density at radius 1 is 1.12 bits per heavy atom. The van der Waals surface area contributed by atoms with Crippen molar-refractivity contribution < 1.29 is 30.0 Å². The van der Waals surface area contributed by atoms with Gasteiger partial charge in [-0.05, 0) is 25.0 Å². The van der Waals surface area contributed by atoms with Gasteiger partial charge in [0.25, 0.3) is 0 Å². The van der Waals surface area contributed by atoms with E-state index >= 15 is 0 Å². The fourth-order valence-corrected chi connectivity index (χ4v) is 2.51. The predicted molar refractivity (Wildman–Crippen MR) is 93.0 cm³/mol. The van der Waals surface area contributed by atoms with Crippen molar-refractivity contribution in [2.45, 2.75) is 44.7 Å². The van der Waals surface area contributed by atoms with Crippen molar-refractivity contribution in [3.8, 4) is 5.75 Å². The van der Waals surface area contributed by atoms with Gasteiger partial charge in [0.1, 0.15) is 29.6 Å². The first-order valence-corrected chi connectivity index (χ1v) is 8.23. The predicted octanol–water partition coefficient (Wildman–Crippen LogP) is 1.63. The molecule has 0 spiro atoms. The van der Waals surface area contributed by atoms with E-state index in [0.717, 1.165) is 0 Å². The molecule has 1 aliphatic rings. The first kappa shape index (κ1) is 19.2. The minimum atomic E-state index is -1.34. The molecule has 4 N–H and O–H groups in total. The van der Waals surface area contributed by atoms with Gasteiger partial charge in [-0.15, -0.1) is 0 Å². The Bertz CT molecular complexity index is 666. The largest absolute Gasteiger partial charge is 0.507 e. The Morgan fingerprint density at radius 2 is 1.84 bits per heavy atom. The number of ether oxygens (including phenoxy) is 1. The molecule has 0 aromatic heterocycles. The smallest absolute Gasteiger partial charge is 0.342 e. The third-order valence-electron chi connectivity index (χ3n) is 4.34. The van der Waals surface area contributed by atoms with Crippen LogP contribution in [0.4, 0.5) is 0 Å². The molecule has 0 saturated carbocycles. The molecule has 0 radical (unpaired) electrons. The van der Waals surface area contributed by atoms with Crippen LogP contribution in [0.25, 0.3) is 6.08 Å². The number of phenolic OH excluding ortho intramolecular Hbond substituents is 1. The molecule has 2 rings (SSSR count). The quantitative estimate of drug-likeness (QED) is 0.419. The average Bonchev–Trinajstić information content (AvgIpc) is 2.57. The van der Waals surface area contributed by atoms with Gasteiger partial charge in [-0.3, -0.25) is 0 Å². The minimum absolute atomic E-state index is 0.0499. The molecule has 0 saturated heterocycles. The summed E-state index contributed by atoms with van der Waals surface area (Å²) < 4.78 is 5.42. The van der Waals surface area contributed by atoms with Crippen LogP contribution in [0.15, 0.2) is 36.4 Å². The van der Waals surface area contributed by atoms with E-state index in [1.807, 2.05) is 0 Å². The number of esters is 1. The lowest BCUT2D eigenvalue weighted by Crippen LogP contribution is -2.36. The molecule has 1 unspecified atom stereocenters. The van der Waals surface area contributed by atoms with E-state index in [9.17, 15) is 25.2 Å². The van der Waals surface area contributed by atoms with Gasteiger partial charge in [0, 0.05) is 5.92 Å². The normalized spacial score (nSPS) is 33.6. The van der Waals surface area contributed by atoms with E-state index in [1.165, 1.54) is 12.1 Å². The number of carbonyl (C=O) groups excluding carboxylic acids is 1. The number of cyclic esters (lactones) is 1. The highest BCUT2D eigenvalue weighted by molar-refractivity contribution is 5.96. The fourth-order valence-electron chi connectivity index (χ4n) is 2.51. The number of fused-ring (bicyclic) bond motifs is 1. The molecule has 0 aliphatic carbocycles. The highest BCUT2D eigenvalue weighted by atomic mass is 16.5. The van der Waals surface area contributed by atoms with Gasteiger partial charge in [0.2, 0.25) is 0 Å². The number of phenols is 1. The van der Waals surface area contributed by atoms with Crippen LogP contribution in [0.3, 0.4) is 0 Å². The number of hydrogen-bond acceptors (Lipinski definition) is 6. The average molecular weight is 348 g/mol. The monoisotopic (exact) mass is 348 g/mol. The standard InChI is InChI=1S/C19H24O6/c1-11-9-10-16(22)18(23)15(21)8-4-6-13-5-3-7-14(20)17(13)19(24)25-12(11)2/h3-7,9-12,15-16,18,20-23H,8H2,1-2H3/b6-4+,10-9-/t11-,12+,15+,16?,18+/m1/s1. The summed E-state index contributed by atoms with van der Waals surface area (Å²) in [5.41, 5.74) is 0.494. The number of carbonyl (C=O) groups is 1. The van der Waals surface area contributed by atoms with Gasteiger partial charge in [-0.2, -0.15) is 0 Å². The molecule has 136 valence electrons. The van der Waals surface area contributed by atoms with Crippen LogP contribution in [0.2, 0.25) is 0 Å². The first-order valence-electron chi connectivity index (χ1n) is 8.23. The number of aliphatic hydroxyl groups is 3. The van der Waals surface area contributed by atoms with E-state index in [-0.39, 0.29) is 23.7 Å². The highest BCUT2D eigenvalue weighted by Crippen LogP contribution is 2.25. The zero-order valence-electron chi connectivity index (χ0n) is 14.2. The van der Waals surface area contributed by atoms with Gasteiger partial charge in [-0.25, -0.2) is 4.79 Å². The lowest BCUT2D eigenvalue weighted by atomic mass is 9.99. The minimum Gasteiger partial charge on any atom is -0.507 e. The summed E-state index contributed by atoms with van der Waals surface area (Å²) in [5, 5.41) is 40.0. The first-order chi connectivity index (χ1) is 11.8. The molecule has 1 aliphatic heterocycles. The second-order valence-electron chi connectivity index (χ2n) is 6.28. The van der Waals surface area contributed by atoms with Crippen LogP contribution in [-0.2, 0) is 4.74 Å². The lowest BCUT2D eigenvalue weighted by molar-refractivity contribution is -0.0395. The molecular weight excluding hydrogens is 324 g/mol. The second-order valence-corrected chi connectivity index (χ2v) is 6.28. The summed E-state index contributed by atoms with van der Waals surface area (Å²) >= 11 is 0. The van der Waals surface area contributed by atoms with Gasteiger partial charge in [-0.1, -0.05) is 43.4 Å². The van der Waals surface area contributed by atoms with Crippen LogP contribution in [0.1, 0.15) is 36.2 Å². The molecule has 5 atom stereocenters. The Morgan fingerprint density at radius 3 is 2.56 bits per heavy atom. The second kappa shape index (κ2) is 8.29. The van der Waals surface area contributed by atoms with Crippen LogP contribution >= 0.6 is 0 Å². The number of aromatic hydroxyl groups is 1. The fraction of sp³-hybridized carbons (Fsp3) is 0.421. The van der Waals surface area contributed by atoms with Crippen molar-refractivity contribution in [3.63, 3.8) is 0 Å². The molecule has 6 nitrogen and oxygen atoms in total. The van der Waals surface area contributed by atoms with Crippen LogP contribution in [0.5, 0.6) is 5.75 Å². The summed E-state index contributed by atoms with van der Waals surface area (Å²) in [7, 11) is 0. The molecule has 0 fully saturated rings. The van der Waals surface area contributed by atoms with E-state index < -0.39 is 30.4 Å². The maximum absolute atomic E-state index is 12.5. The van der Waals surface area contributed by atoms with Crippen molar-refractivity contribution in [2.24, 2.45) is 5.92 Å². The molecule has 1 aromatic rings. The Kier molecular flexibility index (Phi) is 6.36. The topological polar surface area (TPSA) is 107 Å². The van der Waals surface area contributed by atoms with E-state index in [2.05, 4.69) is 0 Å². The Hall–Kier alpha value is -2.15. The summed E-state index contributed by atoms with van der Waals surface area (Å²) in [5.74, 6) is -1.08. The van der Waals surface area contributed by atoms with Gasteiger partial charge < -0.3 is 25.2 Å². The third-order valence-corrected chi connectivity index (χ3v) is 4.34. The van der Waals surface area contributed by atoms with Crippen LogP contribution in [0, 0.1) is 5.92 Å². The van der Waals surface area contributed by atoms with E-state index in [1.54, 1.807) is 44.2 Å². The third kappa shape index (κ3) is 4.69. The van der Waals surface area contributed by atoms with Crippen LogP contribution in [-0.4, -0.2) is 50.8 Å². The van der Waals surface area contributed by atoms with Crippen LogP contribution < -0.4 is 0 Å². The van der Waals surface area contributed by atoms with Crippen molar-refractivity contribution in [2.75, 3.05) is 0 Å². The summed E-state index contributed by atoms with van der Waals surface area (Å²) in [6, 6.07) is 4.64. The lowest BCUT2D eigenvalue weighted by Gasteiger charge is -2.22. The number of hydrogen-bond donors (Lipinski definition) is 4. The molecule has 6 heteroatoms. The van der Waals surface area contributed by atoms with E-state index in [0.29, 0.717) is 5.56 Å². The van der Waals surface area contributed by atoms with E-state index in [4.69, 9.17) is 4.74 Å². The highest BCUT2D eigenvalue weighted by Gasteiger charge is 2.24. The number of benzene rings is 1. The number of aliphatic hydroxyl groups excluding tert-OH is 3. The summed E-state index contributed by atoms with van der Waals surface area (Å²) in [4.78, 5) is 12.5. The van der Waals surface area contributed by atoms with Crippen molar-refractivity contribution in [3.05, 3.63) is 47.6 Å². The van der Waals surface area contributed by atoms with Crippen molar-refractivity contribution in [1.29, 1.82) is 0 Å². The maximum atomic E-state index is 12.5. The SMILES string of the molecule is C[C@@H]1/C=C\C(O)[C@@H](O)[C@@H](O)C/C=C/c2cccc(O)c2C(=O)O[C@H]1C. The van der Waals surface area contributed by atoms with Gasteiger partial charge >= 0.3 is 5.97 Å². The van der Waals surface area contributed by atoms with Crippen molar-refractivity contribution >= 4 is 12.0 Å². The molecule has 0 amide bonds. The van der Waals surface area contributed by atoms with Crippen molar-refractivity contribution in [1.82, 2.24) is 0 Å². The summed E-state index contributed by atoms with van der Waals surface area (Å²) in [6.07, 6.45) is 1.95. The summed E-state index contributed by atoms with van der Waals surface area (Å²) in [6.45, 7) is 3.49. The molecule has 25 heavy (non-hydrogen) atoms. The van der Waals surface area contributed by atoms with Gasteiger partial charge in [0.05, 0.1) is 6.10 Å². The zero-order chi connectivity index (χ0) is 18.6. The molecule has 1 heterocycles. The molecule has 0 bridgehead atoms. The van der Waals surface area contributed by atoms with Gasteiger partial charge in [0.15, 0.2) is 0 Å².